The second-order valence-electron chi connectivity index (χ2n) is 5.01. The molecular formula is C11H18N4O. The van der Waals surface area contributed by atoms with Crippen molar-refractivity contribution in [1.29, 1.82) is 0 Å². The minimum Gasteiger partial charge on any atom is -0.319 e. The number of carbonyl (C=O) groups is 1. The zero-order chi connectivity index (χ0) is 11.8. The number of hydrogen-bond donors (Lipinski definition) is 1. The molecule has 0 radical (unpaired) electrons. The topological polar surface area (TPSA) is 73.8 Å². The van der Waals surface area contributed by atoms with Crippen molar-refractivity contribution in [3.63, 3.8) is 0 Å². The molecule has 0 aromatic carbocycles. The van der Waals surface area contributed by atoms with Gasteiger partial charge < -0.3 is 5.73 Å². The summed E-state index contributed by atoms with van der Waals surface area (Å²) in [5, 5.41) is 4.12. The van der Waals surface area contributed by atoms with Gasteiger partial charge in [0.15, 0.2) is 5.78 Å². The molecule has 1 aromatic heterocycles. The molecule has 1 aliphatic carbocycles. The van der Waals surface area contributed by atoms with Gasteiger partial charge in [-0.1, -0.05) is 13.8 Å². The summed E-state index contributed by atoms with van der Waals surface area (Å²) in [7, 11) is 0. The lowest BCUT2D eigenvalue weighted by Gasteiger charge is -2.10. The van der Waals surface area contributed by atoms with Crippen molar-refractivity contribution in [2.24, 2.45) is 11.7 Å². The van der Waals surface area contributed by atoms with Crippen molar-refractivity contribution in [2.75, 3.05) is 0 Å². The van der Waals surface area contributed by atoms with E-state index in [9.17, 15) is 4.79 Å². The normalized spacial score (nSPS) is 17.8. The van der Waals surface area contributed by atoms with Crippen molar-refractivity contribution in [3.05, 3.63) is 12.2 Å². The summed E-state index contributed by atoms with van der Waals surface area (Å²) in [6.45, 7) is 5.01. The number of carbonyl (C=O) groups excluding carboxylic acids is 1. The standard InChI is InChI=1S/C11H18N4O/c1-8(2)6-15-10(13-7-14-15)5-9(16)11(12)3-4-11/h7-8H,3-6,12H2,1-2H3. The fourth-order valence-corrected chi connectivity index (χ4v) is 1.66. The molecule has 0 spiro atoms. The third-order valence-electron chi connectivity index (χ3n) is 2.90. The van der Waals surface area contributed by atoms with Crippen LogP contribution in [0.2, 0.25) is 0 Å². The van der Waals surface area contributed by atoms with Crippen LogP contribution in [0.3, 0.4) is 0 Å². The Morgan fingerprint density at radius 3 is 2.88 bits per heavy atom. The molecule has 0 aliphatic heterocycles. The highest BCUT2D eigenvalue weighted by molar-refractivity contribution is 5.92. The Kier molecular flexibility index (Phi) is 2.80. The van der Waals surface area contributed by atoms with Crippen LogP contribution in [0.25, 0.3) is 0 Å². The first-order valence-electron chi connectivity index (χ1n) is 5.70. The summed E-state index contributed by atoms with van der Waals surface area (Å²) in [6, 6.07) is 0. The lowest BCUT2D eigenvalue weighted by Crippen LogP contribution is -2.34. The number of nitrogens with zero attached hydrogens (tertiary/aromatic N) is 3. The van der Waals surface area contributed by atoms with Crippen LogP contribution in [0.15, 0.2) is 6.33 Å². The molecule has 1 aliphatic rings. The van der Waals surface area contributed by atoms with Gasteiger partial charge in [0.2, 0.25) is 0 Å². The van der Waals surface area contributed by atoms with Gasteiger partial charge in [0.1, 0.15) is 12.2 Å². The molecule has 1 fully saturated rings. The highest BCUT2D eigenvalue weighted by Crippen LogP contribution is 2.33. The summed E-state index contributed by atoms with van der Waals surface area (Å²) in [4.78, 5) is 16.0. The van der Waals surface area contributed by atoms with Crippen LogP contribution in [0.5, 0.6) is 0 Å². The van der Waals surface area contributed by atoms with Gasteiger partial charge in [0.25, 0.3) is 0 Å². The minimum absolute atomic E-state index is 0.0884. The average molecular weight is 222 g/mol. The molecule has 0 atom stereocenters. The van der Waals surface area contributed by atoms with Crippen molar-refractivity contribution in [3.8, 4) is 0 Å². The number of nitrogens with two attached hydrogens (primary N) is 1. The monoisotopic (exact) mass is 222 g/mol. The fraction of sp³-hybridized carbons (Fsp3) is 0.727. The molecule has 5 heteroatoms. The van der Waals surface area contributed by atoms with Crippen molar-refractivity contribution < 1.29 is 4.79 Å². The van der Waals surface area contributed by atoms with Gasteiger partial charge in [-0.3, -0.25) is 4.79 Å². The van der Waals surface area contributed by atoms with E-state index < -0.39 is 5.54 Å². The number of rotatable bonds is 5. The van der Waals surface area contributed by atoms with Gasteiger partial charge in [-0.15, -0.1) is 0 Å². The first kappa shape index (κ1) is 11.3. The zero-order valence-electron chi connectivity index (χ0n) is 9.81. The summed E-state index contributed by atoms with van der Waals surface area (Å²) in [5.74, 6) is 1.31. The number of hydrogen-bond acceptors (Lipinski definition) is 4. The number of aromatic nitrogens is 3. The third-order valence-corrected chi connectivity index (χ3v) is 2.90. The quantitative estimate of drug-likeness (QED) is 0.789. The molecule has 0 amide bonds. The third kappa shape index (κ3) is 2.29. The molecule has 2 rings (SSSR count). The van der Waals surface area contributed by atoms with Crippen LogP contribution in [-0.2, 0) is 17.8 Å². The summed E-state index contributed by atoms with van der Waals surface area (Å²) >= 11 is 0. The molecule has 0 unspecified atom stereocenters. The van der Waals surface area contributed by atoms with Crippen molar-refractivity contribution in [2.45, 2.75) is 45.2 Å². The minimum atomic E-state index is -0.561. The van der Waals surface area contributed by atoms with Crippen molar-refractivity contribution >= 4 is 5.78 Å². The van der Waals surface area contributed by atoms with E-state index in [1.165, 1.54) is 6.33 Å². The van der Waals surface area contributed by atoms with Crippen LogP contribution >= 0.6 is 0 Å². The van der Waals surface area contributed by atoms with Crippen LogP contribution in [0.4, 0.5) is 0 Å². The molecular weight excluding hydrogens is 204 g/mol. The second kappa shape index (κ2) is 3.97. The Morgan fingerprint density at radius 1 is 1.62 bits per heavy atom. The second-order valence-corrected chi connectivity index (χ2v) is 5.01. The van der Waals surface area contributed by atoms with E-state index in [2.05, 4.69) is 23.9 Å². The van der Waals surface area contributed by atoms with Crippen LogP contribution in [0.1, 0.15) is 32.5 Å². The Labute approximate surface area is 95.0 Å². The van der Waals surface area contributed by atoms with Gasteiger partial charge >= 0.3 is 0 Å². The maximum absolute atomic E-state index is 11.8. The lowest BCUT2D eigenvalue weighted by molar-refractivity contribution is -0.120. The molecule has 88 valence electrons. The van der Waals surface area contributed by atoms with E-state index in [4.69, 9.17) is 5.73 Å². The van der Waals surface area contributed by atoms with E-state index in [0.29, 0.717) is 12.3 Å². The Bertz CT molecular complexity index is 392. The van der Waals surface area contributed by atoms with E-state index >= 15 is 0 Å². The summed E-state index contributed by atoms with van der Waals surface area (Å²) in [6.07, 6.45) is 3.43. The Balaban J connectivity index is 2.04. The summed E-state index contributed by atoms with van der Waals surface area (Å²) in [5.41, 5.74) is 5.29. The van der Waals surface area contributed by atoms with Gasteiger partial charge in [0.05, 0.1) is 12.0 Å². The smallest absolute Gasteiger partial charge is 0.160 e. The largest absolute Gasteiger partial charge is 0.319 e. The fourth-order valence-electron chi connectivity index (χ4n) is 1.66. The molecule has 5 nitrogen and oxygen atoms in total. The van der Waals surface area contributed by atoms with E-state index in [-0.39, 0.29) is 5.78 Å². The molecule has 1 aromatic rings. The van der Waals surface area contributed by atoms with Crippen molar-refractivity contribution in [1.82, 2.24) is 14.8 Å². The maximum atomic E-state index is 11.8. The van der Waals surface area contributed by atoms with Crippen LogP contribution < -0.4 is 5.73 Å². The molecule has 16 heavy (non-hydrogen) atoms. The zero-order valence-corrected chi connectivity index (χ0v) is 9.81. The van der Waals surface area contributed by atoms with Crippen LogP contribution in [0, 0.1) is 5.92 Å². The average Bonchev–Trinajstić information content (AvgIpc) is 2.81. The number of ketones is 1. The summed E-state index contributed by atoms with van der Waals surface area (Å²) < 4.78 is 1.80. The lowest BCUT2D eigenvalue weighted by atomic mass is 10.1. The molecule has 0 bridgehead atoms. The SMILES string of the molecule is CC(C)Cn1ncnc1CC(=O)C1(N)CC1. The van der Waals surface area contributed by atoms with E-state index in [1.54, 1.807) is 4.68 Å². The van der Waals surface area contributed by atoms with Gasteiger partial charge in [-0.25, -0.2) is 9.67 Å². The molecule has 1 saturated carbocycles. The molecule has 1 heterocycles. The predicted octanol–water partition coefficient (Wildman–Crippen LogP) is 0.537. The van der Waals surface area contributed by atoms with E-state index in [1.807, 2.05) is 0 Å². The van der Waals surface area contributed by atoms with Gasteiger partial charge in [-0.2, -0.15) is 5.10 Å². The number of Topliss-reactive ketones (excluding diaryl/α,β-unsaturated/α-hetero) is 1. The molecule has 2 N–H and O–H groups in total. The van der Waals surface area contributed by atoms with Crippen LogP contribution in [-0.4, -0.2) is 26.1 Å². The first-order valence-corrected chi connectivity index (χ1v) is 5.70. The Hall–Kier alpha value is -1.23. The van der Waals surface area contributed by atoms with Gasteiger partial charge in [-0.05, 0) is 18.8 Å². The van der Waals surface area contributed by atoms with E-state index in [0.717, 1.165) is 25.2 Å². The molecule has 0 saturated heterocycles. The Morgan fingerprint density at radius 2 is 2.31 bits per heavy atom. The maximum Gasteiger partial charge on any atom is 0.160 e. The highest BCUT2D eigenvalue weighted by Gasteiger charge is 2.45. The van der Waals surface area contributed by atoms with Gasteiger partial charge in [0, 0.05) is 6.54 Å². The predicted molar refractivity (Wildman–Crippen MR) is 59.7 cm³/mol. The highest BCUT2D eigenvalue weighted by atomic mass is 16.1. The first-order chi connectivity index (χ1) is 7.51.